The second kappa shape index (κ2) is 5.82. The van der Waals surface area contributed by atoms with Crippen molar-refractivity contribution in [3.63, 3.8) is 0 Å². The first-order chi connectivity index (χ1) is 8.31. The maximum Gasteiger partial charge on any atom is 0.244 e. The van der Waals surface area contributed by atoms with Crippen molar-refractivity contribution in [2.45, 2.75) is 32.6 Å². The molecule has 0 spiro atoms. The van der Waals surface area contributed by atoms with Gasteiger partial charge in [0, 0.05) is 0 Å². The zero-order valence-electron chi connectivity index (χ0n) is 9.74. The molecule has 0 saturated heterocycles. The van der Waals surface area contributed by atoms with Crippen molar-refractivity contribution >= 4 is 22.8 Å². The van der Waals surface area contributed by atoms with Crippen LogP contribution in [0.2, 0.25) is 5.28 Å². The molecule has 0 radical (unpaired) electrons. The quantitative estimate of drug-likeness (QED) is 0.636. The number of unbranched alkanes of at least 4 members (excludes halogenated alkanes) is 3. The Labute approximate surface area is 105 Å². The summed E-state index contributed by atoms with van der Waals surface area (Å²) in [4.78, 5) is 15.0. The molecule has 0 aliphatic carbocycles. The van der Waals surface area contributed by atoms with Crippen LogP contribution in [0.5, 0.6) is 5.88 Å². The third-order valence-corrected chi connectivity index (χ3v) is 2.63. The first-order valence-electron chi connectivity index (χ1n) is 5.80. The fourth-order valence-corrected chi connectivity index (χ4v) is 1.74. The van der Waals surface area contributed by atoms with Gasteiger partial charge in [0.05, 0.1) is 12.9 Å². The fraction of sp³-hybridized carbons (Fsp3) is 0.545. The Morgan fingerprint density at radius 1 is 1.29 bits per heavy atom. The summed E-state index contributed by atoms with van der Waals surface area (Å²) in [5.74, 6) is 0.481. The number of halogens is 1. The molecule has 0 atom stereocenters. The summed E-state index contributed by atoms with van der Waals surface area (Å²) in [5.41, 5.74) is 1.23. The van der Waals surface area contributed by atoms with Crippen molar-refractivity contribution in [3.8, 4) is 5.88 Å². The van der Waals surface area contributed by atoms with E-state index in [-0.39, 0.29) is 5.28 Å². The SMILES string of the molecule is CCCCCCOc1nc(Cl)nc2nc[nH]c12. The van der Waals surface area contributed by atoms with E-state index in [2.05, 4.69) is 26.9 Å². The summed E-state index contributed by atoms with van der Waals surface area (Å²) in [5, 5.41) is 0.160. The largest absolute Gasteiger partial charge is 0.476 e. The van der Waals surface area contributed by atoms with Crippen LogP contribution in [0.25, 0.3) is 11.2 Å². The highest BCUT2D eigenvalue weighted by molar-refractivity contribution is 6.28. The number of nitrogens with one attached hydrogen (secondary N) is 1. The summed E-state index contributed by atoms with van der Waals surface area (Å²) in [7, 11) is 0. The third-order valence-electron chi connectivity index (χ3n) is 2.46. The van der Waals surface area contributed by atoms with Crippen LogP contribution in [0.1, 0.15) is 32.6 Å². The highest BCUT2D eigenvalue weighted by atomic mass is 35.5. The maximum absolute atomic E-state index is 5.79. The number of imidazole rings is 1. The van der Waals surface area contributed by atoms with Crippen LogP contribution in [-0.4, -0.2) is 26.5 Å². The molecule has 0 amide bonds. The van der Waals surface area contributed by atoms with Crippen LogP contribution < -0.4 is 4.74 Å². The van der Waals surface area contributed by atoms with E-state index < -0.39 is 0 Å². The van der Waals surface area contributed by atoms with Gasteiger partial charge in [-0.15, -0.1) is 0 Å². The van der Waals surface area contributed by atoms with Gasteiger partial charge in [0.15, 0.2) is 5.65 Å². The van der Waals surface area contributed by atoms with Crippen molar-refractivity contribution in [1.82, 2.24) is 19.9 Å². The third kappa shape index (κ3) is 3.06. The Kier molecular flexibility index (Phi) is 4.14. The van der Waals surface area contributed by atoms with E-state index in [0.29, 0.717) is 23.7 Å². The standard InChI is InChI=1S/C11H15ClN4O/c1-2-3-4-5-6-17-10-8-9(14-7-13-8)15-11(12)16-10/h7H,2-6H2,1H3,(H,13,14,15,16). The highest BCUT2D eigenvalue weighted by Crippen LogP contribution is 2.20. The van der Waals surface area contributed by atoms with E-state index in [1.165, 1.54) is 19.3 Å². The zero-order chi connectivity index (χ0) is 12.1. The van der Waals surface area contributed by atoms with Crippen molar-refractivity contribution in [3.05, 3.63) is 11.6 Å². The molecule has 17 heavy (non-hydrogen) atoms. The molecule has 2 heterocycles. The Bertz CT molecular complexity index is 485. The van der Waals surface area contributed by atoms with Crippen molar-refractivity contribution in [2.75, 3.05) is 6.61 Å². The van der Waals surface area contributed by atoms with E-state index in [1.54, 1.807) is 6.33 Å². The molecule has 0 aliphatic rings. The molecule has 5 nitrogen and oxygen atoms in total. The molecule has 6 heteroatoms. The average Bonchev–Trinajstić information content (AvgIpc) is 2.76. The predicted molar refractivity (Wildman–Crippen MR) is 66.3 cm³/mol. The summed E-state index contributed by atoms with van der Waals surface area (Å²) in [6.45, 7) is 2.82. The van der Waals surface area contributed by atoms with Crippen molar-refractivity contribution < 1.29 is 4.74 Å². The normalized spacial score (nSPS) is 10.9. The lowest BCUT2D eigenvalue weighted by Crippen LogP contribution is -2.01. The Morgan fingerprint density at radius 2 is 2.18 bits per heavy atom. The molecule has 0 fully saturated rings. The van der Waals surface area contributed by atoms with Gasteiger partial charge in [0.2, 0.25) is 11.2 Å². The van der Waals surface area contributed by atoms with Crippen LogP contribution in [0, 0.1) is 0 Å². The highest BCUT2D eigenvalue weighted by Gasteiger charge is 2.09. The number of hydrogen-bond donors (Lipinski definition) is 1. The van der Waals surface area contributed by atoms with Gasteiger partial charge in [-0.05, 0) is 18.0 Å². The molecule has 0 unspecified atom stereocenters. The second-order valence-corrected chi connectivity index (χ2v) is 4.15. The van der Waals surface area contributed by atoms with Crippen molar-refractivity contribution in [1.29, 1.82) is 0 Å². The van der Waals surface area contributed by atoms with Gasteiger partial charge >= 0.3 is 0 Å². The summed E-state index contributed by atoms with van der Waals surface area (Å²) in [6.07, 6.45) is 6.18. The summed E-state index contributed by atoms with van der Waals surface area (Å²) >= 11 is 5.79. The van der Waals surface area contributed by atoms with Crippen LogP contribution in [0.4, 0.5) is 0 Å². The number of rotatable bonds is 6. The van der Waals surface area contributed by atoms with Gasteiger partial charge in [-0.1, -0.05) is 26.2 Å². The minimum atomic E-state index is 0.160. The molecule has 2 rings (SSSR count). The lowest BCUT2D eigenvalue weighted by Gasteiger charge is -2.05. The monoisotopic (exact) mass is 254 g/mol. The second-order valence-electron chi connectivity index (χ2n) is 3.81. The maximum atomic E-state index is 5.79. The van der Waals surface area contributed by atoms with E-state index in [9.17, 15) is 0 Å². The van der Waals surface area contributed by atoms with Gasteiger partial charge in [-0.3, -0.25) is 0 Å². The smallest absolute Gasteiger partial charge is 0.244 e. The lowest BCUT2D eigenvalue weighted by atomic mass is 10.2. The van der Waals surface area contributed by atoms with Crippen LogP contribution >= 0.6 is 11.6 Å². The number of ether oxygens (including phenoxy) is 1. The van der Waals surface area contributed by atoms with Gasteiger partial charge in [-0.25, -0.2) is 4.98 Å². The number of H-pyrrole nitrogens is 1. The average molecular weight is 255 g/mol. The van der Waals surface area contributed by atoms with Gasteiger partial charge in [0.1, 0.15) is 5.52 Å². The van der Waals surface area contributed by atoms with Gasteiger partial charge in [0.25, 0.3) is 0 Å². The van der Waals surface area contributed by atoms with Gasteiger partial charge < -0.3 is 9.72 Å². The molecular formula is C11H15ClN4O. The first-order valence-corrected chi connectivity index (χ1v) is 6.18. The number of hydrogen-bond acceptors (Lipinski definition) is 4. The molecule has 2 aromatic rings. The van der Waals surface area contributed by atoms with E-state index in [0.717, 1.165) is 6.42 Å². The minimum Gasteiger partial charge on any atom is -0.476 e. The van der Waals surface area contributed by atoms with Crippen LogP contribution in [0.15, 0.2) is 6.33 Å². The predicted octanol–water partition coefficient (Wildman–Crippen LogP) is 2.97. The van der Waals surface area contributed by atoms with E-state index >= 15 is 0 Å². The molecule has 0 saturated carbocycles. The molecule has 92 valence electrons. The molecule has 2 aromatic heterocycles. The van der Waals surface area contributed by atoms with Gasteiger partial charge in [-0.2, -0.15) is 9.97 Å². The van der Waals surface area contributed by atoms with E-state index in [4.69, 9.17) is 16.3 Å². The number of aromatic nitrogens is 4. The number of fused-ring (bicyclic) bond motifs is 1. The number of aromatic amines is 1. The van der Waals surface area contributed by atoms with Crippen LogP contribution in [0.3, 0.4) is 0 Å². The molecule has 1 N–H and O–H groups in total. The molecular weight excluding hydrogens is 240 g/mol. The Balaban J connectivity index is 2.00. The summed E-state index contributed by atoms with van der Waals surface area (Å²) in [6, 6.07) is 0. The Hall–Kier alpha value is -1.36. The van der Waals surface area contributed by atoms with Crippen molar-refractivity contribution in [2.24, 2.45) is 0 Å². The molecule has 0 bridgehead atoms. The zero-order valence-corrected chi connectivity index (χ0v) is 10.5. The van der Waals surface area contributed by atoms with E-state index in [1.807, 2.05) is 0 Å². The molecule has 0 aliphatic heterocycles. The fourth-order valence-electron chi connectivity index (χ4n) is 1.58. The topological polar surface area (TPSA) is 63.7 Å². The summed E-state index contributed by atoms with van der Waals surface area (Å²) < 4.78 is 5.60. The minimum absolute atomic E-state index is 0.160. The van der Waals surface area contributed by atoms with Crippen LogP contribution in [-0.2, 0) is 0 Å². The Morgan fingerprint density at radius 3 is 3.00 bits per heavy atom. The number of nitrogens with zero attached hydrogens (tertiary/aromatic N) is 3. The lowest BCUT2D eigenvalue weighted by molar-refractivity contribution is 0.297. The molecule has 0 aromatic carbocycles. The first kappa shape index (κ1) is 12.1.